The van der Waals surface area contributed by atoms with Crippen LogP contribution in [0.5, 0.6) is 0 Å². The molecule has 0 aromatic heterocycles. The van der Waals surface area contributed by atoms with Gasteiger partial charge in [-0.05, 0) is 68.6 Å². The smallest absolute Gasteiger partial charge is 0.293 e. The van der Waals surface area contributed by atoms with Crippen LogP contribution in [-0.2, 0) is 9.59 Å². The maximum Gasteiger partial charge on any atom is 0.293 e. The first-order chi connectivity index (χ1) is 19.4. The highest BCUT2D eigenvalue weighted by molar-refractivity contribution is 5.90. The topological polar surface area (TPSA) is 98.6 Å². The van der Waals surface area contributed by atoms with Crippen molar-refractivity contribution in [1.82, 2.24) is 10.6 Å². The van der Waals surface area contributed by atoms with E-state index in [4.69, 9.17) is 0 Å². The number of nitrogens with one attached hydrogen (secondary N) is 2. The summed E-state index contributed by atoms with van der Waals surface area (Å²) in [4.78, 5) is 25.6. The third kappa shape index (κ3) is 5.59. The van der Waals surface area contributed by atoms with E-state index < -0.39 is 41.0 Å². The highest BCUT2D eigenvalue weighted by Gasteiger charge is 2.72. The van der Waals surface area contributed by atoms with Crippen LogP contribution in [0.2, 0.25) is 0 Å². The molecule has 2 amide bonds. The minimum absolute atomic E-state index is 0.0392. The fourth-order valence-electron chi connectivity index (χ4n) is 6.21. The fourth-order valence-corrected chi connectivity index (χ4v) is 6.21. The lowest BCUT2D eigenvalue weighted by molar-refractivity contribution is -0.740. The largest absolute Gasteiger partial charge is 0.353 e. The van der Waals surface area contributed by atoms with Gasteiger partial charge in [0.15, 0.2) is 11.6 Å². The number of hydrogen-bond donors (Lipinski definition) is 3. The van der Waals surface area contributed by atoms with Crippen LogP contribution < -0.4 is 16.0 Å². The van der Waals surface area contributed by atoms with Gasteiger partial charge in [-0.3, -0.25) is 9.59 Å². The van der Waals surface area contributed by atoms with Gasteiger partial charge in [0.25, 0.3) is 12.3 Å². The number of benzene rings is 2. The number of carbonyl (C=O) groups is 2. The molecule has 4 aliphatic carbocycles. The second kappa shape index (κ2) is 9.87. The monoisotopic (exact) mass is 565 g/mol. The molecule has 41 heavy (non-hydrogen) atoms. The zero-order valence-corrected chi connectivity index (χ0v) is 23.3. The number of hydrogen-bond acceptors (Lipinski definition) is 3. The number of halogens is 3. The van der Waals surface area contributed by atoms with Crippen molar-refractivity contribution >= 4 is 11.8 Å². The van der Waals surface area contributed by atoms with Crippen LogP contribution in [0.3, 0.4) is 0 Å². The number of quaternary nitrogens is 1. The molecule has 2 aromatic carbocycles. The standard InChI is InChI=1S/C32H35F3N4O2/c1-30(2,35)25-16-32(25,29(41)39-31(17-36)13-14-31)38-26(27(33)34)21-9-5-19(6-10-21)18-3-7-20(8-4-18)23-15-24(23)28(40)37-22-11-12-22/h3-10,22-27,38H,11-16H2,1-2H3,(H,37,40)(H,39,41)/p+1. The summed E-state index contributed by atoms with van der Waals surface area (Å²) >= 11 is 0. The second-order valence-corrected chi connectivity index (χ2v) is 13.0. The number of nitriles is 1. The molecule has 2 aromatic rings. The molecule has 4 N–H and O–H groups in total. The van der Waals surface area contributed by atoms with Crippen molar-refractivity contribution in [2.45, 2.75) is 93.5 Å². The molecule has 6 nitrogen and oxygen atoms in total. The zero-order valence-electron chi connectivity index (χ0n) is 23.3. The molecule has 0 radical (unpaired) electrons. The Kier molecular flexibility index (Phi) is 6.68. The molecule has 0 aliphatic heterocycles. The van der Waals surface area contributed by atoms with Crippen molar-refractivity contribution in [2.75, 3.05) is 0 Å². The van der Waals surface area contributed by atoms with Crippen LogP contribution in [0.25, 0.3) is 11.1 Å². The van der Waals surface area contributed by atoms with E-state index in [1.54, 1.807) is 24.3 Å². The first-order valence-electron chi connectivity index (χ1n) is 14.5. The van der Waals surface area contributed by atoms with Crippen LogP contribution in [0, 0.1) is 23.2 Å². The molecule has 0 heterocycles. The van der Waals surface area contributed by atoms with Crippen molar-refractivity contribution in [3.8, 4) is 17.2 Å². The molecular formula is C32H36F3N4O2+. The lowest BCUT2D eigenvalue weighted by atomic mass is 9.96. The van der Waals surface area contributed by atoms with Crippen LogP contribution >= 0.6 is 0 Å². The number of amides is 2. The summed E-state index contributed by atoms with van der Waals surface area (Å²) in [5, 5.41) is 16.5. The van der Waals surface area contributed by atoms with E-state index in [0.717, 1.165) is 36.0 Å². The van der Waals surface area contributed by atoms with Gasteiger partial charge in [-0.2, -0.15) is 5.26 Å². The van der Waals surface area contributed by atoms with Crippen LogP contribution in [0.4, 0.5) is 13.2 Å². The number of alkyl halides is 3. The summed E-state index contributed by atoms with van der Waals surface area (Å²) < 4.78 is 43.8. The Balaban J connectivity index is 1.15. The van der Waals surface area contributed by atoms with E-state index in [1.165, 1.54) is 19.2 Å². The van der Waals surface area contributed by atoms with Crippen molar-refractivity contribution in [1.29, 1.82) is 5.26 Å². The molecular weight excluding hydrogens is 529 g/mol. The molecule has 4 saturated carbocycles. The maximum absolute atomic E-state index is 15.0. The van der Waals surface area contributed by atoms with Gasteiger partial charge in [-0.25, -0.2) is 13.2 Å². The SMILES string of the molecule is CC(C)(F)C1CC1([NH2+]C(c1ccc(-c2ccc(C3CC3C(=O)NC3CC3)cc2)cc1)C(F)F)C(=O)NC1(C#N)CC1. The maximum atomic E-state index is 15.0. The Morgan fingerprint density at radius 1 is 1.05 bits per heavy atom. The van der Waals surface area contributed by atoms with Gasteiger partial charge in [0, 0.05) is 23.9 Å². The third-order valence-electron chi connectivity index (χ3n) is 9.34. The van der Waals surface area contributed by atoms with Gasteiger partial charge in [0.05, 0.1) is 12.0 Å². The molecule has 0 saturated heterocycles. The van der Waals surface area contributed by atoms with Crippen LogP contribution in [-0.4, -0.2) is 41.0 Å². The summed E-state index contributed by atoms with van der Waals surface area (Å²) in [6.07, 6.45) is 1.35. The fraction of sp³-hybridized carbons (Fsp3) is 0.531. The molecule has 0 spiro atoms. The van der Waals surface area contributed by atoms with E-state index in [2.05, 4.69) is 16.7 Å². The Morgan fingerprint density at radius 2 is 1.66 bits per heavy atom. The van der Waals surface area contributed by atoms with E-state index in [1.807, 2.05) is 24.3 Å². The lowest BCUT2D eigenvalue weighted by Gasteiger charge is -2.26. The molecule has 9 heteroatoms. The van der Waals surface area contributed by atoms with Crippen molar-refractivity contribution < 1.29 is 28.1 Å². The van der Waals surface area contributed by atoms with E-state index >= 15 is 0 Å². The number of carbonyl (C=O) groups excluding carboxylic acids is 2. The average Bonchev–Trinajstić information content (AvgIpc) is 3.77. The highest BCUT2D eigenvalue weighted by Crippen LogP contribution is 2.51. The van der Waals surface area contributed by atoms with Gasteiger partial charge in [-0.1, -0.05) is 48.5 Å². The summed E-state index contributed by atoms with van der Waals surface area (Å²) in [5.41, 5.74) is -0.834. The minimum Gasteiger partial charge on any atom is -0.353 e. The highest BCUT2D eigenvalue weighted by atomic mass is 19.3. The van der Waals surface area contributed by atoms with Crippen molar-refractivity contribution in [2.24, 2.45) is 11.8 Å². The molecule has 0 bridgehead atoms. The molecule has 5 atom stereocenters. The van der Waals surface area contributed by atoms with Crippen molar-refractivity contribution in [3.63, 3.8) is 0 Å². The minimum atomic E-state index is -2.79. The number of nitrogens with zero attached hydrogens (tertiary/aromatic N) is 1. The van der Waals surface area contributed by atoms with E-state index in [-0.39, 0.29) is 24.2 Å². The normalized spacial score (nSPS) is 28.4. The van der Waals surface area contributed by atoms with Crippen LogP contribution in [0.15, 0.2) is 48.5 Å². The molecule has 5 unspecified atom stereocenters. The molecule has 6 rings (SSSR count). The Bertz CT molecular complexity index is 1370. The van der Waals surface area contributed by atoms with Gasteiger partial charge in [0.2, 0.25) is 5.91 Å². The molecule has 4 fully saturated rings. The van der Waals surface area contributed by atoms with E-state index in [0.29, 0.717) is 24.4 Å². The predicted molar refractivity (Wildman–Crippen MR) is 146 cm³/mol. The number of nitrogens with two attached hydrogens (primary N) is 1. The molecule has 216 valence electrons. The number of rotatable bonds is 11. The summed E-state index contributed by atoms with van der Waals surface area (Å²) in [7, 11) is 0. The Morgan fingerprint density at radius 3 is 2.15 bits per heavy atom. The third-order valence-corrected chi connectivity index (χ3v) is 9.34. The summed E-state index contributed by atoms with van der Waals surface area (Å²) in [5.74, 6) is -0.864. The summed E-state index contributed by atoms with van der Waals surface area (Å²) in [6.45, 7) is 2.73. The van der Waals surface area contributed by atoms with Crippen molar-refractivity contribution in [3.05, 3.63) is 59.7 Å². The Hall–Kier alpha value is -3.38. The quantitative estimate of drug-likeness (QED) is 0.379. The van der Waals surface area contributed by atoms with Crippen LogP contribution in [0.1, 0.15) is 75.5 Å². The summed E-state index contributed by atoms with van der Waals surface area (Å²) in [6, 6.07) is 15.9. The first kappa shape index (κ1) is 27.8. The van der Waals surface area contributed by atoms with Gasteiger partial charge in [-0.15, -0.1) is 0 Å². The average molecular weight is 566 g/mol. The van der Waals surface area contributed by atoms with Gasteiger partial charge < -0.3 is 16.0 Å². The van der Waals surface area contributed by atoms with E-state index in [9.17, 15) is 28.0 Å². The Labute approximate surface area is 238 Å². The van der Waals surface area contributed by atoms with Gasteiger partial charge in [0.1, 0.15) is 11.2 Å². The molecule has 4 aliphatic rings. The van der Waals surface area contributed by atoms with Gasteiger partial charge >= 0.3 is 0 Å². The zero-order chi connectivity index (χ0) is 29.2. The predicted octanol–water partition coefficient (Wildman–Crippen LogP) is 4.28. The lowest BCUT2D eigenvalue weighted by Crippen LogP contribution is -2.97. The first-order valence-corrected chi connectivity index (χ1v) is 14.5. The second-order valence-electron chi connectivity index (χ2n) is 13.0.